The van der Waals surface area contributed by atoms with Crippen LogP contribution < -0.4 is 10.6 Å². The third kappa shape index (κ3) is 3.96. The summed E-state index contributed by atoms with van der Waals surface area (Å²) in [6, 6.07) is 23.6. The number of hydrogen-bond donors (Lipinski definition) is 3. The van der Waals surface area contributed by atoms with Crippen molar-refractivity contribution >= 4 is 17.5 Å². The van der Waals surface area contributed by atoms with Gasteiger partial charge in [0.25, 0.3) is 5.91 Å². The van der Waals surface area contributed by atoms with Gasteiger partial charge in [0.2, 0.25) is 5.95 Å². The number of carbonyl (C=O) groups is 1. The fourth-order valence-electron chi connectivity index (χ4n) is 4.07. The minimum absolute atomic E-state index is 0.118. The van der Waals surface area contributed by atoms with Gasteiger partial charge in [0.15, 0.2) is 5.82 Å². The van der Waals surface area contributed by atoms with Crippen LogP contribution in [0.15, 0.2) is 90.1 Å². The molecule has 33 heavy (non-hydrogen) atoms. The maximum absolute atomic E-state index is 13.4. The van der Waals surface area contributed by atoms with Crippen molar-refractivity contribution < 1.29 is 9.90 Å². The zero-order valence-corrected chi connectivity index (χ0v) is 18.3. The lowest BCUT2D eigenvalue weighted by atomic mass is 9.95. The lowest BCUT2D eigenvalue weighted by Crippen LogP contribution is -2.31. The Morgan fingerprint density at radius 2 is 1.79 bits per heavy atom. The number of carbonyl (C=O) groups excluding carboxylic acids is 1. The lowest BCUT2D eigenvalue weighted by Gasteiger charge is -2.28. The highest BCUT2D eigenvalue weighted by molar-refractivity contribution is 6.06. The Labute approximate surface area is 191 Å². The number of aromatic hydroxyl groups is 1. The molecule has 164 valence electrons. The molecule has 5 rings (SSSR count). The molecule has 0 aliphatic carbocycles. The van der Waals surface area contributed by atoms with Crippen LogP contribution in [0, 0.1) is 6.92 Å². The van der Waals surface area contributed by atoms with E-state index in [9.17, 15) is 9.90 Å². The minimum Gasteiger partial charge on any atom is -0.508 e. The van der Waals surface area contributed by atoms with Crippen molar-refractivity contribution in [3.05, 3.63) is 101 Å². The van der Waals surface area contributed by atoms with E-state index in [-0.39, 0.29) is 11.7 Å². The molecule has 4 aromatic rings. The number of fused-ring (bicyclic) bond motifs is 1. The van der Waals surface area contributed by atoms with Crippen molar-refractivity contribution in [1.29, 1.82) is 0 Å². The standard InChI is InChI=1S/C26H23N5O2/c1-16-8-6-10-19(14-16)24-29-26-27-17(2)22(25(33)28-20-11-4-3-5-12-20)23(31(26)30-24)18-9-7-13-21(32)15-18/h3-15,23,32H,1-2H3,(H,28,33)(H,27,29,30). The molecule has 2 heterocycles. The lowest BCUT2D eigenvalue weighted by molar-refractivity contribution is -0.113. The van der Waals surface area contributed by atoms with Crippen LogP contribution in [-0.2, 0) is 4.79 Å². The number of benzene rings is 3. The largest absolute Gasteiger partial charge is 0.508 e. The Morgan fingerprint density at radius 1 is 1.00 bits per heavy atom. The number of nitrogens with one attached hydrogen (secondary N) is 2. The maximum Gasteiger partial charge on any atom is 0.255 e. The number of aromatic nitrogens is 3. The number of phenols is 1. The monoisotopic (exact) mass is 437 g/mol. The predicted molar refractivity (Wildman–Crippen MR) is 128 cm³/mol. The molecule has 0 bridgehead atoms. The van der Waals surface area contributed by atoms with E-state index in [4.69, 9.17) is 10.1 Å². The van der Waals surface area contributed by atoms with E-state index in [1.807, 2.05) is 74.5 Å². The number of amides is 1. The van der Waals surface area contributed by atoms with Crippen LogP contribution in [0.5, 0.6) is 5.75 Å². The molecule has 3 aromatic carbocycles. The molecular weight excluding hydrogens is 414 g/mol. The van der Waals surface area contributed by atoms with Crippen molar-refractivity contribution in [3.8, 4) is 17.1 Å². The van der Waals surface area contributed by atoms with E-state index >= 15 is 0 Å². The van der Waals surface area contributed by atoms with Crippen LogP contribution in [0.1, 0.15) is 24.1 Å². The SMILES string of the molecule is CC1=C(C(=O)Nc2ccccc2)C(c2cccc(O)c2)n2nc(-c3cccc(C)c3)nc2N1. The summed E-state index contributed by atoms with van der Waals surface area (Å²) in [5.41, 5.74) is 4.60. The smallest absolute Gasteiger partial charge is 0.255 e. The van der Waals surface area contributed by atoms with Crippen LogP contribution >= 0.6 is 0 Å². The summed E-state index contributed by atoms with van der Waals surface area (Å²) in [7, 11) is 0. The summed E-state index contributed by atoms with van der Waals surface area (Å²) < 4.78 is 1.71. The predicted octanol–water partition coefficient (Wildman–Crippen LogP) is 4.89. The highest BCUT2D eigenvalue weighted by Crippen LogP contribution is 2.37. The molecule has 1 aliphatic rings. The molecule has 1 aromatic heterocycles. The second kappa shape index (κ2) is 8.27. The topological polar surface area (TPSA) is 92.1 Å². The molecule has 7 nitrogen and oxygen atoms in total. The number of para-hydroxylation sites is 1. The van der Waals surface area contributed by atoms with Crippen molar-refractivity contribution in [2.75, 3.05) is 10.6 Å². The van der Waals surface area contributed by atoms with Gasteiger partial charge in [0.1, 0.15) is 11.8 Å². The molecule has 1 amide bonds. The van der Waals surface area contributed by atoms with Gasteiger partial charge in [-0.25, -0.2) is 4.68 Å². The third-order valence-corrected chi connectivity index (χ3v) is 5.59. The van der Waals surface area contributed by atoms with E-state index in [0.29, 0.717) is 28.7 Å². The molecule has 1 unspecified atom stereocenters. The minimum atomic E-state index is -0.567. The van der Waals surface area contributed by atoms with Gasteiger partial charge >= 0.3 is 0 Å². The molecule has 7 heteroatoms. The zero-order valence-electron chi connectivity index (χ0n) is 18.3. The quantitative estimate of drug-likeness (QED) is 0.423. The molecule has 0 spiro atoms. The first-order valence-electron chi connectivity index (χ1n) is 10.7. The van der Waals surface area contributed by atoms with Gasteiger partial charge in [-0.15, -0.1) is 5.10 Å². The summed E-state index contributed by atoms with van der Waals surface area (Å²) in [5.74, 6) is 0.961. The summed E-state index contributed by atoms with van der Waals surface area (Å²) in [6.07, 6.45) is 0. The van der Waals surface area contributed by atoms with E-state index < -0.39 is 6.04 Å². The molecule has 1 aliphatic heterocycles. The van der Waals surface area contributed by atoms with Gasteiger partial charge in [-0.1, -0.05) is 54.1 Å². The van der Waals surface area contributed by atoms with Crippen molar-refractivity contribution in [2.45, 2.75) is 19.9 Å². The Kier molecular flexibility index (Phi) is 5.14. The van der Waals surface area contributed by atoms with E-state index in [1.165, 1.54) is 0 Å². The number of phenolic OH excluding ortho intramolecular Hbond substituents is 1. The fourth-order valence-corrected chi connectivity index (χ4v) is 4.07. The summed E-state index contributed by atoms with van der Waals surface area (Å²) in [5, 5.41) is 21.1. The Morgan fingerprint density at radius 3 is 2.55 bits per heavy atom. The van der Waals surface area contributed by atoms with Gasteiger partial charge in [0, 0.05) is 16.9 Å². The third-order valence-electron chi connectivity index (χ3n) is 5.59. The highest BCUT2D eigenvalue weighted by Gasteiger charge is 2.34. The molecule has 3 N–H and O–H groups in total. The first-order valence-corrected chi connectivity index (χ1v) is 10.7. The van der Waals surface area contributed by atoms with Gasteiger partial charge in [-0.2, -0.15) is 4.98 Å². The first kappa shape index (κ1) is 20.5. The van der Waals surface area contributed by atoms with Crippen LogP contribution in [-0.4, -0.2) is 25.8 Å². The fraction of sp³-hybridized carbons (Fsp3) is 0.115. The average Bonchev–Trinajstić information content (AvgIpc) is 3.22. The number of hydrogen-bond acceptors (Lipinski definition) is 5. The number of nitrogens with zero attached hydrogens (tertiary/aromatic N) is 3. The molecule has 1 atom stereocenters. The number of allylic oxidation sites excluding steroid dienone is 1. The van der Waals surface area contributed by atoms with Crippen molar-refractivity contribution in [3.63, 3.8) is 0 Å². The number of aryl methyl sites for hydroxylation is 1. The number of rotatable bonds is 4. The second-order valence-corrected chi connectivity index (χ2v) is 8.05. The van der Waals surface area contributed by atoms with Gasteiger partial charge < -0.3 is 15.7 Å². The van der Waals surface area contributed by atoms with Crippen molar-refractivity contribution in [2.24, 2.45) is 0 Å². The van der Waals surface area contributed by atoms with Crippen LogP contribution in [0.25, 0.3) is 11.4 Å². The summed E-state index contributed by atoms with van der Waals surface area (Å²) in [4.78, 5) is 18.1. The van der Waals surface area contributed by atoms with Gasteiger partial charge in [-0.05, 0) is 49.7 Å². The molecular formula is C26H23N5O2. The van der Waals surface area contributed by atoms with Crippen LogP contribution in [0.3, 0.4) is 0 Å². The first-order chi connectivity index (χ1) is 16.0. The van der Waals surface area contributed by atoms with E-state index in [0.717, 1.165) is 16.7 Å². The van der Waals surface area contributed by atoms with E-state index in [1.54, 1.807) is 22.9 Å². The van der Waals surface area contributed by atoms with Crippen LogP contribution in [0.4, 0.5) is 11.6 Å². The van der Waals surface area contributed by atoms with Gasteiger partial charge in [-0.3, -0.25) is 4.79 Å². The Bertz CT molecular complexity index is 1370. The average molecular weight is 438 g/mol. The molecule has 0 saturated heterocycles. The number of anilines is 2. The Hall–Kier alpha value is -4.39. The normalized spacial score (nSPS) is 15.0. The molecule has 0 radical (unpaired) electrons. The summed E-state index contributed by atoms with van der Waals surface area (Å²) in [6.45, 7) is 3.87. The van der Waals surface area contributed by atoms with Crippen LogP contribution in [0.2, 0.25) is 0 Å². The second-order valence-electron chi connectivity index (χ2n) is 8.05. The van der Waals surface area contributed by atoms with Crippen molar-refractivity contribution in [1.82, 2.24) is 14.8 Å². The summed E-state index contributed by atoms with van der Waals surface area (Å²) >= 11 is 0. The Balaban J connectivity index is 1.62. The molecule has 0 fully saturated rings. The van der Waals surface area contributed by atoms with Gasteiger partial charge in [0.05, 0.1) is 5.57 Å². The zero-order chi connectivity index (χ0) is 22.9. The maximum atomic E-state index is 13.4. The molecule has 0 saturated carbocycles. The van der Waals surface area contributed by atoms with E-state index in [2.05, 4.69) is 10.6 Å². The highest BCUT2D eigenvalue weighted by atomic mass is 16.3.